The maximum atomic E-state index is 12.2. The molecule has 0 N–H and O–H groups in total. The van der Waals surface area contributed by atoms with Crippen LogP contribution >= 0.6 is 11.3 Å². The molecule has 2 nitrogen and oxygen atoms in total. The Morgan fingerprint density at radius 2 is 2.17 bits per heavy atom. The van der Waals surface area contributed by atoms with Crippen LogP contribution in [0.25, 0.3) is 0 Å². The van der Waals surface area contributed by atoms with Crippen LogP contribution in [0.1, 0.15) is 51.3 Å². The van der Waals surface area contributed by atoms with Crippen molar-refractivity contribution in [3.8, 4) is 0 Å². The Kier molecular flexibility index (Phi) is 7.02. The van der Waals surface area contributed by atoms with Crippen molar-refractivity contribution in [2.75, 3.05) is 6.54 Å². The number of unbranched alkanes of at least 4 members (excludes halogenated alkanes) is 2. The van der Waals surface area contributed by atoms with Crippen molar-refractivity contribution in [2.45, 2.75) is 58.9 Å². The zero-order valence-electron chi connectivity index (χ0n) is 11.8. The Morgan fingerprint density at radius 1 is 1.39 bits per heavy atom. The topological polar surface area (TPSA) is 20.3 Å². The molecule has 1 aromatic heterocycles. The van der Waals surface area contributed by atoms with Gasteiger partial charge in [0.05, 0.1) is 6.42 Å². The smallest absolute Gasteiger partial charge is 0.228 e. The van der Waals surface area contributed by atoms with Crippen molar-refractivity contribution in [3.05, 3.63) is 22.4 Å². The molecule has 0 aliphatic rings. The summed E-state index contributed by atoms with van der Waals surface area (Å²) < 4.78 is 0. The second kappa shape index (κ2) is 8.30. The summed E-state index contributed by atoms with van der Waals surface area (Å²) in [5, 5.41) is 2.03. The summed E-state index contributed by atoms with van der Waals surface area (Å²) in [5.74, 6) is 0.268. The van der Waals surface area contributed by atoms with E-state index in [1.54, 1.807) is 11.3 Å². The first kappa shape index (κ1) is 15.2. The Labute approximate surface area is 115 Å². The Morgan fingerprint density at radius 3 is 2.72 bits per heavy atom. The molecule has 0 radical (unpaired) electrons. The van der Waals surface area contributed by atoms with Gasteiger partial charge in [-0.15, -0.1) is 11.3 Å². The molecule has 1 heterocycles. The third kappa shape index (κ3) is 4.81. The molecule has 0 aromatic carbocycles. The summed E-state index contributed by atoms with van der Waals surface area (Å²) in [6.07, 6.45) is 5.41. The summed E-state index contributed by atoms with van der Waals surface area (Å²) in [6, 6.07) is 4.42. The van der Waals surface area contributed by atoms with E-state index in [9.17, 15) is 4.79 Å². The number of rotatable bonds is 8. The molecular weight excluding hydrogens is 242 g/mol. The van der Waals surface area contributed by atoms with Crippen LogP contribution in [0.15, 0.2) is 17.5 Å². The summed E-state index contributed by atoms with van der Waals surface area (Å²) in [7, 11) is 0. The number of hydrogen-bond donors (Lipinski definition) is 0. The van der Waals surface area contributed by atoms with Crippen LogP contribution in [0.5, 0.6) is 0 Å². The first-order valence-corrected chi connectivity index (χ1v) is 7.88. The number of likely N-dealkylation sites (N-methyl/N-ethyl adjacent to an activating group) is 1. The predicted octanol–water partition coefficient (Wildman–Crippen LogP) is 4.11. The van der Waals surface area contributed by atoms with E-state index in [0.29, 0.717) is 12.5 Å². The minimum atomic E-state index is 0.268. The SMILES string of the molecule is CCCCCC(C)N(CC)C(=O)Cc1cccs1. The van der Waals surface area contributed by atoms with Gasteiger partial charge in [0.25, 0.3) is 0 Å². The van der Waals surface area contributed by atoms with Crippen molar-refractivity contribution in [1.82, 2.24) is 4.90 Å². The highest BCUT2D eigenvalue weighted by molar-refractivity contribution is 7.10. The van der Waals surface area contributed by atoms with E-state index in [-0.39, 0.29) is 5.91 Å². The first-order chi connectivity index (χ1) is 8.69. The van der Waals surface area contributed by atoms with Gasteiger partial charge in [0, 0.05) is 17.5 Å². The van der Waals surface area contributed by atoms with E-state index < -0.39 is 0 Å². The van der Waals surface area contributed by atoms with E-state index >= 15 is 0 Å². The van der Waals surface area contributed by atoms with Gasteiger partial charge in [0.15, 0.2) is 0 Å². The highest BCUT2D eigenvalue weighted by atomic mass is 32.1. The molecule has 0 aliphatic heterocycles. The van der Waals surface area contributed by atoms with Gasteiger partial charge in [0.1, 0.15) is 0 Å². The van der Waals surface area contributed by atoms with Crippen LogP contribution in [0.4, 0.5) is 0 Å². The van der Waals surface area contributed by atoms with Crippen molar-refractivity contribution in [2.24, 2.45) is 0 Å². The molecule has 0 saturated heterocycles. The number of hydrogen-bond acceptors (Lipinski definition) is 2. The molecule has 1 unspecified atom stereocenters. The largest absolute Gasteiger partial charge is 0.340 e. The fourth-order valence-electron chi connectivity index (χ4n) is 2.24. The standard InChI is InChI=1S/C15H25NOS/c1-4-6-7-9-13(3)16(5-2)15(17)12-14-10-8-11-18-14/h8,10-11,13H,4-7,9,12H2,1-3H3. The molecule has 0 fully saturated rings. The maximum Gasteiger partial charge on any atom is 0.228 e. The summed E-state index contributed by atoms with van der Waals surface area (Å²) in [4.78, 5) is 15.4. The second-order valence-electron chi connectivity index (χ2n) is 4.78. The molecule has 102 valence electrons. The van der Waals surface area contributed by atoms with Gasteiger partial charge < -0.3 is 4.90 Å². The lowest BCUT2D eigenvalue weighted by Gasteiger charge is -2.28. The number of carbonyl (C=O) groups excluding carboxylic acids is 1. The highest BCUT2D eigenvalue weighted by Gasteiger charge is 2.18. The monoisotopic (exact) mass is 267 g/mol. The molecule has 1 amide bonds. The third-order valence-electron chi connectivity index (χ3n) is 3.32. The van der Waals surface area contributed by atoms with Crippen LogP contribution in [0.2, 0.25) is 0 Å². The van der Waals surface area contributed by atoms with E-state index in [0.717, 1.165) is 13.0 Å². The van der Waals surface area contributed by atoms with Crippen molar-refractivity contribution >= 4 is 17.2 Å². The third-order valence-corrected chi connectivity index (χ3v) is 4.20. The van der Waals surface area contributed by atoms with Gasteiger partial charge in [-0.25, -0.2) is 0 Å². The van der Waals surface area contributed by atoms with Gasteiger partial charge >= 0.3 is 0 Å². The van der Waals surface area contributed by atoms with Gasteiger partial charge in [-0.05, 0) is 31.7 Å². The van der Waals surface area contributed by atoms with Crippen LogP contribution in [0.3, 0.4) is 0 Å². The molecule has 18 heavy (non-hydrogen) atoms. The minimum Gasteiger partial charge on any atom is -0.340 e. The summed E-state index contributed by atoms with van der Waals surface area (Å²) in [6.45, 7) is 7.27. The molecule has 0 spiro atoms. The quantitative estimate of drug-likeness (QED) is 0.649. The van der Waals surface area contributed by atoms with Crippen molar-refractivity contribution < 1.29 is 4.79 Å². The van der Waals surface area contributed by atoms with Crippen LogP contribution in [0, 0.1) is 0 Å². The lowest BCUT2D eigenvalue weighted by Crippen LogP contribution is -2.39. The van der Waals surface area contributed by atoms with E-state index in [2.05, 4.69) is 20.8 Å². The number of nitrogens with zero attached hydrogens (tertiary/aromatic N) is 1. The number of carbonyl (C=O) groups is 1. The van der Waals surface area contributed by atoms with E-state index in [1.807, 2.05) is 22.4 Å². The maximum absolute atomic E-state index is 12.2. The molecule has 3 heteroatoms. The van der Waals surface area contributed by atoms with Gasteiger partial charge in [-0.3, -0.25) is 4.79 Å². The first-order valence-electron chi connectivity index (χ1n) is 7.00. The Bertz CT molecular complexity index is 334. The van der Waals surface area contributed by atoms with Crippen LogP contribution in [-0.4, -0.2) is 23.4 Å². The van der Waals surface area contributed by atoms with Crippen LogP contribution in [-0.2, 0) is 11.2 Å². The molecule has 1 aromatic rings. The normalized spacial score (nSPS) is 12.4. The number of thiophene rings is 1. The molecule has 0 bridgehead atoms. The molecule has 0 saturated carbocycles. The Hall–Kier alpha value is -0.830. The minimum absolute atomic E-state index is 0.268. The lowest BCUT2D eigenvalue weighted by molar-refractivity contribution is -0.132. The summed E-state index contributed by atoms with van der Waals surface area (Å²) >= 11 is 1.66. The van der Waals surface area contributed by atoms with Crippen molar-refractivity contribution in [1.29, 1.82) is 0 Å². The van der Waals surface area contributed by atoms with E-state index in [4.69, 9.17) is 0 Å². The van der Waals surface area contributed by atoms with Crippen LogP contribution < -0.4 is 0 Å². The fraction of sp³-hybridized carbons (Fsp3) is 0.667. The second-order valence-corrected chi connectivity index (χ2v) is 5.81. The number of amides is 1. The Balaban J connectivity index is 2.45. The molecule has 1 atom stereocenters. The van der Waals surface area contributed by atoms with Gasteiger partial charge in [-0.2, -0.15) is 0 Å². The zero-order valence-corrected chi connectivity index (χ0v) is 12.6. The van der Waals surface area contributed by atoms with Gasteiger partial charge in [-0.1, -0.05) is 32.3 Å². The predicted molar refractivity (Wildman–Crippen MR) is 79.0 cm³/mol. The van der Waals surface area contributed by atoms with E-state index in [1.165, 1.54) is 24.1 Å². The average molecular weight is 267 g/mol. The molecule has 0 aliphatic carbocycles. The average Bonchev–Trinajstić information content (AvgIpc) is 2.83. The molecular formula is C15H25NOS. The lowest BCUT2D eigenvalue weighted by atomic mass is 10.1. The zero-order chi connectivity index (χ0) is 13.4. The summed E-state index contributed by atoms with van der Waals surface area (Å²) in [5.41, 5.74) is 0. The van der Waals surface area contributed by atoms with Gasteiger partial charge in [0.2, 0.25) is 5.91 Å². The highest BCUT2D eigenvalue weighted by Crippen LogP contribution is 2.14. The molecule has 1 rings (SSSR count). The van der Waals surface area contributed by atoms with Crippen molar-refractivity contribution in [3.63, 3.8) is 0 Å². The fourth-order valence-corrected chi connectivity index (χ4v) is 2.94.